The highest BCUT2D eigenvalue weighted by Crippen LogP contribution is 2.31. The Hall–Kier alpha value is -3.26. The second kappa shape index (κ2) is 6.57. The minimum Gasteiger partial charge on any atom is -0.463 e. The predicted octanol–water partition coefficient (Wildman–Crippen LogP) is 4.20. The maximum atomic E-state index is 13.7. The third kappa shape index (κ3) is 3.02. The maximum absolute atomic E-state index is 13.7. The van der Waals surface area contributed by atoms with E-state index in [2.05, 4.69) is 15.4 Å². The van der Waals surface area contributed by atoms with Crippen LogP contribution in [0.1, 0.15) is 10.4 Å². The van der Waals surface area contributed by atoms with Crippen LogP contribution in [-0.2, 0) is 7.05 Å². The van der Waals surface area contributed by atoms with Gasteiger partial charge in [-0.25, -0.2) is 9.37 Å². The molecule has 0 radical (unpaired) electrons. The van der Waals surface area contributed by atoms with Crippen molar-refractivity contribution in [3.05, 3.63) is 66.3 Å². The van der Waals surface area contributed by atoms with Gasteiger partial charge in [-0.05, 0) is 30.3 Å². The zero-order valence-corrected chi connectivity index (χ0v) is 14.5. The number of carbonyl (C=O) groups is 1. The van der Waals surface area contributed by atoms with Crippen LogP contribution in [0.3, 0.4) is 0 Å². The minimum absolute atomic E-state index is 0.0110. The van der Waals surface area contributed by atoms with Gasteiger partial charge >= 0.3 is 0 Å². The molecular formula is C18H13FN4O2S. The molecule has 0 saturated heterocycles. The molecule has 4 rings (SSSR count). The monoisotopic (exact) mass is 368 g/mol. The Kier molecular flexibility index (Phi) is 4.10. The van der Waals surface area contributed by atoms with Crippen LogP contribution in [0.15, 0.2) is 59.3 Å². The normalized spacial score (nSPS) is 10.8. The number of furan rings is 1. The van der Waals surface area contributed by atoms with Gasteiger partial charge in [0.05, 0.1) is 23.7 Å². The lowest BCUT2D eigenvalue weighted by Crippen LogP contribution is -2.12. The van der Waals surface area contributed by atoms with Crippen LogP contribution in [0.4, 0.5) is 9.39 Å². The summed E-state index contributed by atoms with van der Waals surface area (Å²) >= 11 is 1.28. The largest absolute Gasteiger partial charge is 0.463 e. The van der Waals surface area contributed by atoms with Gasteiger partial charge in [0, 0.05) is 7.05 Å². The van der Waals surface area contributed by atoms with Crippen molar-refractivity contribution in [2.24, 2.45) is 7.05 Å². The fraction of sp³-hybridized carbons (Fsp3) is 0.0556. The van der Waals surface area contributed by atoms with E-state index >= 15 is 0 Å². The first kappa shape index (κ1) is 16.2. The molecule has 0 atom stereocenters. The number of amides is 1. The van der Waals surface area contributed by atoms with Crippen LogP contribution in [-0.4, -0.2) is 20.7 Å². The van der Waals surface area contributed by atoms with Gasteiger partial charge in [-0.1, -0.05) is 23.5 Å². The van der Waals surface area contributed by atoms with Gasteiger partial charge in [-0.3, -0.25) is 9.48 Å². The van der Waals surface area contributed by atoms with E-state index in [0.717, 1.165) is 5.69 Å². The van der Waals surface area contributed by atoms with Crippen LogP contribution in [0.2, 0.25) is 0 Å². The van der Waals surface area contributed by atoms with Crippen molar-refractivity contribution in [3.8, 4) is 22.2 Å². The first-order valence-corrected chi connectivity index (χ1v) is 8.53. The standard InChI is InChI=1S/C18H13FN4O2S/c1-23-14(9-13(22-23)15-7-4-8-25-15)18-20-10-16(26-18)21-17(24)11-5-2-3-6-12(11)19/h2-10H,1H3,(H,21,24). The number of rotatable bonds is 4. The van der Waals surface area contributed by atoms with Crippen molar-refractivity contribution in [1.82, 2.24) is 14.8 Å². The Bertz CT molecular complexity index is 1070. The van der Waals surface area contributed by atoms with Gasteiger partial charge in [0.15, 0.2) is 5.76 Å². The molecule has 8 heteroatoms. The molecule has 0 bridgehead atoms. The fourth-order valence-electron chi connectivity index (χ4n) is 2.49. The zero-order valence-electron chi connectivity index (χ0n) is 13.6. The molecule has 1 N–H and O–H groups in total. The molecule has 6 nitrogen and oxygen atoms in total. The Labute approximate surface area is 151 Å². The number of hydrogen-bond acceptors (Lipinski definition) is 5. The predicted molar refractivity (Wildman–Crippen MR) is 96.4 cm³/mol. The number of anilines is 1. The van der Waals surface area contributed by atoms with E-state index in [1.807, 2.05) is 12.1 Å². The second-order valence-corrected chi connectivity index (χ2v) is 6.51. The Balaban J connectivity index is 1.57. The third-order valence-corrected chi connectivity index (χ3v) is 4.67. The van der Waals surface area contributed by atoms with Crippen LogP contribution in [0.25, 0.3) is 22.2 Å². The Morgan fingerprint density at radius 3 is 2.88 bits per heavy atom. The lowest BCUT2D eigenvalue weighted by atomic mass is 10.2. The molecule has 1 amide bonds. The van der Waals surface area contributed by atoms with Crippen molar-refractivity contribution in [3.63, 3.8) is 0 Å². The molecule has 3 heterocycles. The minimum atomic E-state index is -0.565. The molecular weight excluding hydrogens is 355 g/mol. The van der Waals surface area contributed by atoms with Crippen LogP contribution >= 0.6 is 11.3 Å². The van der Waals surface area contributed by atoms with Crippen LogP contribution in [0.5, 0.6) is 0 Å². The number of benzene rings is 1. The van der Waals surface area contributed by atoms with Gasteiger partial charge in [0.1, 0.15) is 21.5 Å². The molecule has 0 spiro atoms. The molecule has 0 fully saturated rings. The SMILES string of the molecule is Cn1nc(-c2ccco2)cc1-c1ncc(NC(=O)c2ccccc2F)s1. The summed E-state index contributed by atoms with van der Waals surface area (Å²) in [6.45, 7) is 0. The zero-order chi connectivity index (χ0) is 18.1. The topological polar surface area (TPSA) is 73.0 Å². The van der Waals surface area contributed by atoms with E-state index in [4.69, 9.17) is 4.42 Å². The van der Waals surface area contributed by atoms with Crippen LogP contribution in [0, 0.1) is 5.82 Å². The van der Waals surface area contributed by atoms with Gasteiger partial charge < -0.3 is 9.73 Å². The number of halogens is 1. The number of aryl methyl sites for hydroxylation is 1. The van der Waals surface area contributed by atoms with E-state index in [0.29, 0.717) is 21.5 Å². The van der Waals surface area contributed by atoms with Crippen LogP contribution < -0.4 is 5.32 Å². The van der Waals surface area contributed by atoms with Crippen molar-refractivity contribution >= 4 is 22.2 Å². The van der Waals surface area contributed by atoms with E-state index in [-0.39, 0.29) is 5.56 Å². The highest BCUT2D eigenvalue weighted by Gasteiger charge is 2.16. The summed E-state index contributed by atoms with van der Waals surface area (Å²) in [6, 6.07) is 11.3. The Morgan fingerprint density at radius 1 is 1.27 bits per heavy atom. The number of carbonyl (C=O) groups excluding carboxylic acids is 1. The summed E-state index contributed by atoms with van der Waals surface area (Å²) < 4.78 is 20.8. The smallest absolute Gasteiger partial charge is 0.259 e. The molecule has 0 aliphatic carbocycles. The lowest BCUT2D eigenvalue weighted by Gasteiger charge is -2.02. The molecule has 3 aromatic heterocycles. The summed E-state index contributed by atoms with van der Waals surface area (Å²) in [6.07, 6.45) is 3.13. The van der Waals surface area contributed by atoms with Crippen molar-refractivity contribution < 1.29 is 13.6 Å². The average Bonchev–Trinajstić information content (AvgIpc) is 3.35. The van der Waals surface area contributed by atoms with Gasteiger partial charge in [0.2, 0.25) is 0 Å². The second-order valence-electron chi connectivity index (χ2n) is 5.48. The van der Waals surface area contributed by atoms with Gasteiger partial charge in [0.25, 0.3) is 5.91 Å². The van der Waals surface area contributed by atoms with Crippen molar-refractivity contribution in [2.45, 2.75) is 0 Å². The Morgan fingerprint density at radius 2 is 2.12 bits per heavy atom. The molecule has 1 aromatic carbocycles. The number of nitrogens with zero attached hydrogens (tertiary/aromatic N) is 3. The summed E-state index contributed by atoms with van der Waals surface area (Å²) in [4.78, 5) is 16.5. The van der Waals surface area contributed by atoms with Gasteiger partial charge in [-0.2, -0.15) is 5.10 Å². The summed E-state index contributed by atoms with van der Waals surface area (Å²) in [5.41, 5.74) is 1.47. The highest BCUT2D eigenvalue weighted by atomic mass is 32.1. The number of aromatic nitrogens is 3. The molecule has 130 valence electrons. The molecule has 4 aromatic rings. The van der Waals surface area contributed by atoms with E-state index in [9.17, 15) is 9.18 Å². The summed E-state index contributed by atoms with van der Waals surface area (Å²) in [5.74, 6) is -0.416. The summed E-state index contributed by atoms with van der Waals surface area (Å²) in [5, 5.41) is 8.29. The quantitative estimate of drug-likeness (QED) is 0.586. The fourth-order valence-corrected chi connectivity index (χ4v) is 3.35. The van der Waals surface area contributed by atoms with Crippen molar-refractivity contribution in [1.29, 1.82) is 0 Å². The molecule has 0 unspecified atom stereocenters. The van der Waals surface area contributed by atoms with E-state index in [1.54, 1.807) is 30.1 Å². The molecule has 0 saturated carbocycles. The third-order valence-electron chi connectivity index (χ3n) is 3.73. The highest BCUT2D eigenvalue weighted by molar-refractivity contribution is 7.19. The number of nitrogens with one attached hydrogen (secondary N) is 1. The van der Waals surface area contributed by atoms with E-state index < -0.39 is 11.7 Å². The molecule has 0 aliphatic rings. The van der Waals surface area contributed by atoms with Gasteiger partial charge in [-0.15, -0.1) is 0 Å². The number of thiazole rings is 1. The van der Waals surface area contributed by atoms with E-state index in [1.165, 1.54) is 35.7 Å². The summed E-state index contributed by atoms with van der Waals surface area (Å²) in [7, 11) is 1.81. The number of hydrogen-bond donors (Lipinski definition) is 1. The lowest BCUT2D eigenvalue weighted by molar-refractivity contribution is 0.102. The van der Waals surface area contributed by atoms with Crippen molar-refractivity contribution in [2.75, 3.05) is 5.32 Å². The maximum Gasteiger partial charge on any atom is 0.259 e. The molecule has 0 aliphatic heterocycles. The molecule has 26 heavy (non-hydrogen) atoms. The average molecular weight is 368 g/mol. The first-order valence-electron chi connectivity index (χ1n) is 7.72. The first-order chi connectivity index (χ1) is 12.6.